The van der Waals surface area contributed by atoms with Crippen LogP contribution < -0.4 is 11.3 Å². The molecule has 0 bridgehead atoms. The predicted octanol–water partition coefficient (Wildman–Crippen LogP) is 0.513. The summed E-state index contributed by atoms with van der Waals surface area (Å²) >= 11 is 4.96. The summed E-state index contributed by atoms with van der Waals surface area (Å²) in [6, 6.07) is 2.94. The van der Waals surface area contributed by atoms with Crippen molar-refractivity contribution >= 4 is 23.1 Å². The lowest BCUT2D eigenvalue weighted by molar-refractivity contribution is 0.0710. The normalized spacial score (nSPS) is 16.6. The fourth-order valence-corrected chi connectivity index (χ4v) is 2.36. The minimum absolute atomic E-state index is 0.109. The van der Waals surface area contributed by atoms with Crippen LogP contribution in [0.5, 0.6) is 0 Å². The topological polar surface area (TPSA) is 79.2 Å². The maximum atomic E-state index is 12.1. The summed E-state index contributed by atoms with van der Waals surface area (Å²) in [5.41, 5.74) is 5.76. The van der Waals surface area contributed by atoms with E-state index in [2.05, 4.69) is 4.98 Å². The number of hydrogen-bond donors (Lipinski definition) is 2. The fraction of sp³-hybridized carbons (Fsp3) is 0.417. The number of pyridine rings is 1. The van der Waals surface area contributed by atoms with Gasteiger partial charge in [-0.3, -0.25) is 9.59 Å². The number of aromatic amines is 1. The number of H-pyrrole nitrogens is 1. The number of nitrogens with one attached hydrogen (secondary N) is 1. The van der Waals surface area contributed by atoms with Crippen LogP contribution in [-0.4, -0.2) is 33.9 Å². The van der Waals surface area contributed by atoms with Crippen molar-refractivity contribution in [2.45, 2.75) is 12.8 Å². The van der Waals surface area contributed by atoms with Crippen molar-refractivity contribution in [2.75, 3.05) is 13.1 Å². The Morgan fingerprint density at radius 1 is 1.44 bits per heavy atom. The van der Waals surface area contributed by atoms with Crippen LogP contribution in [-0.2, 0) is 0 Å². The highest BCUT2D eigenvalue weighted by Gasteiger charge is 2.24. The predicted molar refractivity (Wildman–Crippen MR) is 72.5 cm³/mol. The molecule has 0 aliphatic carbocycles. The van der Waals surface area contributed by atoms with Gasteiger partial charge in [-0.2, -0.15) is 0 Å². The van der Waals surface area contributed by atoms with Crippen LogP contribution >= 0.6 is 12.2 Å². The number of aromatic nitrogens is 1. The number of piperidine rings is 1. The maximum absolute atomic E-state index is 12.1. The van der Waals surface area contributed by atoms with Gasteiger partial charge in [0.25, 0.3) is 5.91 Å². The molecular formula is C12H15N3O2S. The molecule has 1 amide bonds. The number of nitrogens with zero attached hydrogens (tertiary/aromatic N) is 1. The molecule has 1 aliphatic rings. The van der Waals surface area contributed by atoms with E-state index in [0.29, 0.717) is 23.6 Å². The summed E-state index contributed by atoms with van der Waals surface area (Å²) in [6.07, 6.45) is 3.08. The van der Waals surface area contributed by atoms with Gasteiger partial charge in [0.05, 0.1) is 4.99 Å². The van der Waals surface area contributed by atoms with Gasteiger partial charge < -0.3 is 15.6 Å². The minimum Gasteiger partial charge on any atom is -0.393 e. The molecule has 1 aliphatic heterocycles. The zero-order chi connectivity index (χ0) is 13.1. The van der Waals surface area contributed by atoms with Gasteiger partial charge in [0.1, 0.15) is 0 Å². The van der Waals surface area contributed by atoms with E-state index in [9.17, 15) is 9.59 Å². The van der Waals surface area contributed by atoms with Crippen LogP contribution in [0.15, 0.2) is 23.1 Å². The average Bonchev–Trinajstić information content (AvgIpc) is 2.38. The van der Waals surface area contributed by atoms with Crippen LogP contribution in [0.2, 0.25) is 0 Å². The lowest BCUT2D eigenvalue weighted by Crippen LogP contribution is -2.41. The Balaban J connectivity index is 2.04. The van der Waals surface area contributed by atoms with Gasteiger partial charge in [-0.25, -0.2) is 0 Å². The number of carbonyl (C=O) groups is 1. The van der Waals surface area contributed by atoms with E-state index in [4.69, 9.17) is 18.0 Å². The van der Waals surface area contributed by atoms with Crippen molar-refractivity contribution in [3.8, 4) is 0 Å². The van der Waals surface area contributed by atoms with Crippen molar-refractivity contribution in [3.05, 3.63) is 34.2 Å². The average molecular weight is 265 g/mol. The van der Waals surface area contributed by atoms with Gasteiger partial charge in [0.2, 0.25) is 5.56 Å². The van der Waals surface area contributed by atoms with Crippen LogP contribution in [0.3, 0.4) is 0 Å². The highest BCUT2D eigenvalue weighted by molar-refractivity contribution is 7.80. The summed E-state index contributed by atoms with van der Waals surface area (Å²) in [6.45, 7) is 1.27. The first kappa shape index (κ1) is 12.8. The molecule has 0 atom stereocenters. The van der Waals surface area contributed by atoms with E-state index < -0.39 is 0 Å². The molecule has 0 aromatic carbocycles. The number of rotatable bonds is 2. The summed E-state index contributed by atoms with van der Waals surface area (Å²) < 4.78 is 0. The number of carbonyl (C=O) groups excluding carboxylic acids is 1. The van der Waals surface area contributed by atoms with E-state index in [1.807, 2.05) is 0 Å². The highest BCUT2D eigenvalue weighted by atomic mass is 32.1. The molecule has 18 heavy (non-hydrogen) atoms. The number of likely N-dealkylation sites (tertiary alicyclic amines) is 1. The van der Waals surface area contributed by atoms with Crippen molar-refractivity contribution in [3.63, 3.8) is 0 Å². The van der Waals surface area contributed by atoms with E-state index in [1.165, 1.54) is 12.3 Å². The maximum Gasteiger partial charge on any atom is 0.254 e. The molecule has 0 spiro atoms. The Bertz CT molecular complexity index is 518. The number of thiocarbonyl (C=S) groups is 1. The first-order chi connectivity index (χ1) is 8.58. The quantitative estimate of drug-likeness (QED) is 0.764. The van der Waals surface area contributed by atoms with Gasteiger partial charge >= 0.3 is 0 Å². The second-order valence-corrected chi connectivity index (χ2v) is 4.88. The van der Waals surface area contributed by atoms with Crippen LogP contribution in [0.1, 0.15) is 23.2 Å². The van der Waals surface area contributed by atoms with Gasteiger partial charge in [0.15, 0.2) is 0 Å². The molecule has 1 aromatic heterocycles. The van der Waals surface area contributed by atoms with Crippen LogP contribution in [0.4, 0.5) is 0 Å². The first-order valence-corrected chi connectivity index (χ1v) is 6.26. The first-order valence-electron chi connectivity index (χ1n) is 5.85. The molecule has 2 heterocycles. The number of hydrogen-bond acceptors (Lipinski definition) is 3. The Morgan fingerprint density at radius 2 is 2.11 bits per heavy atom. The fourth-order valence-electron chi connectivity index (χ4n) is 2.13. The molecule has 3 N–H and O–H groups in total. The van der Waals surface area contributed by atoms with E-state index in [0.717, 1.165) is 12.8 Å². The largest absolute Gasteiger partial charge is 0.393 e. The van der Waals surface area contributed by atoms with Gasteiger partial charge in [-0.15, -0.1) is 0 Å². The van der Waals surface area contributed by atoms with Crippen LogP contribution in [0.25, 0.3) is 0 Å². The third-order valence-electron chi connectivity index (χ3n) is 3.21. The molecule has 2 rings (SSSR count). The second-order valence-electron chi connectivity index (χ2n) is 4.41. The molecule has 0 saturated carbocycles. The molecule has 0 unspecified atom stereocenters. The minimum atomic E-state index is -0.265. The van der Waals surface area contributed by atoms with E-state index in [1.54, 1.807) is 11.0 Å². The number of nitrogens with two attached hydrogens (primary N) is 1. The van der Waals surface area contributed by atoms with Crippen molar-refractivity contribution < 1.29 is 4.79 Å². The monoisotopic (exact) mass is 265 g/mol. The Morgan fingerprint density at radius 3 is 2.67 bits per heavy atom. The van der Waals surface area contributed by atoms with Gasteiger partial charge in [-0.05, 0) is 18.9 Å². The summed E-state index contributed by atoms with van der Waals surface area (Å²) in [5, 5.41) is 0. The SMILES string of the molecule is NC(=S)C1CCN(C(=O)c2cc[nH]c(=O)c2)CC1. The molecule has 1 fully saturated rings. The molecule has 5 nitrogen and oxygen atoms in total. The molecule has 1 aromatic rings. The summed E-state index contributed by atoms with van der Waals surface area (Å²) in [7, 11) is 0. The van der Waals surface area contributed by atoms with Crippen molar-refractivity contribution in [2.24, 2.45) is 11.7 Å². The van der Waals surface area contributed by atoms with E-state index >= 15 is 0 Å². The molecule has 0 radical (unpaired) electrons. The molecule has 6 heteroatoms. The number of amides is 1. The lowest BCUT2D eigenvalue weighted by Gasteiger charge is -2.31. The zero-order valence-electron chi connectivity index (χ0n) is 9.89. The Hall–Kier alpha value is -1.69. The van der Waals surface area contributed by atoms with E-state index in [-0.39, 0.29) is 17.4 Å². The highest BCUT2D eigenvalue weighted by Crippen LogP contribution is 2.18. The third-order valence-corrected chi connectivity index (χ3v) is 3.54. The molecule has 96 valence electrons. The molecular weight excluding hydrogens is 250 g/mol. The lowest BCUT2D eigenvalue weighted by atomic mass is 9.96. The van der Waals surface area contributed by atoms with Crippen molar-refractivity contribution in [1.82, 2.24) is 9.88 Å². The summed E-state index contributed by atoms with van der Waals surface area (Å²) in [5.74, 6) is 0.116. The Labute approximate surface area is 110 Å². The summed E-state index contributed by atoms with van der Waals surface area (Å²) in [4.78, 5) is 28.1. The van der Waals surface area contributed by atoms with Gasteiger partial charge in [0, 0.05) is 36.8 Å². The Kier molecular flexibility index (Phi) is 3.76. The van der Waals surface area contributed by atoms with Crippen LogP contribution in [0, 0.1) is 5.92 Å². The smallest absolute Gasteiger partial charge is 0.254 e. The van der Waals surface area contributed by atoms with Crippen molar-refractivity contribution in [1.29, 1.82) is 0 Å². The third kappa shape index (κ3) is 2.76. The zero-order valence-corrected chi connectivity index (χ0v) is 10.7. The standard InChI is InChI=1S/C12H15N3O2S/c13-11(18)8-2-5-15(6-3-8)12(17)9-1-4-14-10(16)7-9/h1,4,7-8H,2-3,5-6H2,(H2,13,18)(H,14,16). The second kappa shape index (κ2) is 5.30. The molecule has 1 saturated heterocycles. The van der Waals surface area contributed by atoms with Gasteiger partial charge in [-0.1, -0.05) is 12.2 Å².